The molecule has 28 heavy (non-hydrogen) atoms. The predicted octanol–water partition coefficient (Wildman–Crippen LogP) is 2.03. The minimum atomic E-state index is -0.402. The number of fused-ring (bicyclic) bond motifs is 2. The van der Waals surface area contributed by atoms with Gasteiger partial charge in [-0.1, -0.05) is 30.4 Å². The normalized spacial score (nSPS) is 23.1. The lowest BCUT2D eigenvalue weighted by Gasteiger charge is -2.38. The van der Waals surface area contributed by atoms with E-state index in [1.165, 1.54) is 11.6 Å². The van der Waals surface area contributed by atoms with E-state index in [0.717, 1.165) is 15.8 Å². The number of nitrogens with one attached hydrogen (secondary N) is 1. The Hall–Kier alpha value is -3.15. The van der Waals surface area contributed by atoms with Gasteiger partial charge in [0.1, 0.15) is 0 Å². The third kappa shape index (κ3) is 2.85. The highest BCUT2D eigenvalue weighted by molar-refractivity contribution is 5.93. The number of carbonyl (C=O) groups excluding carboxylic acids is 1. The summed E-state index contributed by atoms with van der Waals surface area (Å²) >= 11 is 0. The molecule has 0 amide bonds. The zero-order chi connectivity index (χ0) is 20.0. The molecular formula is C22H23N3O3. The molecule has 0 saturated carbocycles. The minimum Gasteiger partial charge on any atom is -0.377 e. The second-order valence-corrected chi connectivity index (χ2v) is 7.59. The van der Waals surface area contributed by atoms with Crippen LogP contribution >= 0.6 is 0 Å². The molecule has 0 fully saturated rings. The molecule has 2 aliphatic rings. The molecule has 0 saturated heterocycles. The molecule has 144 valence electrons. The predicted molar refractivity (Wildman–Crippen MR) is 108 cm³/mol. The Morgan fingerprint density at radius 3 is 2.61 bits per heavy atom. The molecule has 1 heterocycles. The van der Waals surface area contributed by atoms with Crippen molar-refractivity contribution in [1.82, 2.24) is 9.13 Å². The summed E-state index contributed by atoms with van der Waals surface area (Å²) < 4.78 is 2.65. The Balaban J connectivity index is 1.94. The maximum atomic E-state index is 13.1. The van der Waals surface area contributed by atoms with E-state index in [9.17, 15) is 14.4 Å². The molecule has 4 rings (SSSR count). The lowest BCUT2D eigenvalue weighted by atomic mass is 9.72. The van der Waals surface area contributed by atoms with Gasteiger partial charge in [-0.05, 0) is 37.1 Å². The van der Waals surface area contributed by atoms with Gasteiger partial charge in [0.2, 0.25) is 0 Å². The fraction of sp³-hybridized carbons (Fsp3) is 0.318. The number of allylic oxidation sites excluding steroid dienone is 3. The SMILES string of the molecule is Cc1cccc(N[C@@H]2c3c(n(C)c(=O)n(C)c3=O)C[C@H]3C(=O)C=CC=C[C@@H]23)c1. The maximum Gasteiger partial charge on any atom is 0.330 e. The number of aromatic nitrogens is 2. The van der Waals surface area contributed by atoms with Crippen molar-refractivity contribution in [2.45, 2.75) is 19.4 Å². The Bertz CT molecular complexity index is 1140. The minimum absolute atomic E-state index is 0.0184. The van der Waals surface area contributed by atoms with Crippen molar-refractivity contribution in [2.75, 3.05) is 5.32 Å². The van der Waals surface area contributed by atoms with Crippen molar-refractivity contribution in [3.63, 3.8) is 0 Å². The maximum absolute atomic E-state index is 13.1. The molecule has 3 atom stereocenters. The largest absolute Gasteiger partial charge is 0.377 e. The monoisotopic (exact) mass is 377 g/mol. The summed E-state index contributed by atoms with van der Waals surface area (Å²) in [5, 5.41) is 3.48. The van der Waals surface area contributed by atoms with Crippen molar-refractivity contribution in [3.05, 3.63) is 86.2 Å². The van der Waals surface area contributed by atoms with E-state index in [0.29, 0.717) is 17.7 Å². The van der Waals surface area contributed by atoms with Crippen LogP contribution in [0.3, 0.4) is 0 Å². The first-order chi connectivity index (χ1) is 13.4. The zero-order valence-electron chi connectivity index (χ0n) is 16.2. The van der Waals surface area contributed by atoms with E-state index in [1.807, 2.05) is 43.3 Å². The first kappa shape index (κ1) is 18.2. The van der Waals surface area contributed by atoms with Crippen LogP contribution < -0.4 is 16.6 Å². The number of ketones is 1. The molecule has 2 aromatic rings. The summed E-state index contributed by atoms with van der Waals surface area (Å²) in [5.74, 6) is -0.479. The van der Waals surface area contributed by atoms with Crippen LogP contribution in [0, 0.1) is 18.8 Å². The van der Waals surface area contributed by atoms with Gasteiger partial charge in [-0.25, -0.2) is 4.79 Å². The van der Waals surface area contributed by atoms with Crippen molar-refractivity contribution in [1.29, 1.82) is 0 Å². The topological polar surface area (TPSA) is 73.1 Å². The quantitative estimate of drug-likeness (QED) is 0.869. The molecule has 0 spiro atoms. The molecular weight excluding hydrogens is 354 g/mol. The van der Waals surface area contributed by atoms with Gasteiger partial charge in [-0.3, -0.25) is 14.2 Å². The third-order valence-corrected chi connectivity index (χ3v) is 5.81. The smallest absolute Gasteiger partial charge is 0.330 e. The van der Waals surface area contributed by atoms with E-state index in [2.05, 4.69) is 5.32 Å². The second-order valence-electron chi connectivity index (χ2n) is 7.59. The van der Waals surface area contributed by atoms with Crippen molar-refractivity contribution >= 4 is 11.5 Å². The van der Waals surface area contributed by atoms with Crippen molar-refractivity contribution in [3.8, 4) is 0 Å². The van der Waals surface area contributed by atoms with Gasteiger partial charge in [0.25, 0.3) is 5.56 Å². The summed E-state index contributed by atoms with van der Waals surface area (Å²) in [6, 6.07) is 7.51. The summed E-state index contributed by atoms with van der Waals surface area (Å²) in [4.78, 5) is 38.3. The first-order valence-electron chi connectivity index (χ1n) is 9.39. The molecule has 0 radical (unpaired) electrons. The number of rotatable bonds is 2. The molecule has 1 aromatic heterocycles. The van der Waals surface area contributed by atoms with Gasteiger partial charge in [0.15, 0.2) is 5.78 Å². The van der Waals surface area contributed by atoms with E-state index in [-0.39, 0.29) is 28.9 Å². The standard InChI is InChI=1S/C22H23N3O3/c1-13-7-6-8-14(11-13)23-20-15-9-4-5-10-18(26)16(15)12-17-19(20)21(27)25(3)22(28)24(17)2/h4-11,15-16,20,23H,12H2,1-3H3/t15-,16-,20+/m1/s1. The Labute approximate surface area is 162 Å². The van der Waals surface area contributed by atoms with Gasteiger partial charge in [0, 0.05) is 37.3 Å². The van der Waals surface area contributed by atoms with E-state index in [1.54, 1.807) is 19.2 Å². The van der Waals surface area contributed by atoms with Gasteiger partial charge in [-0.15, -0.1) is 0 Å². The Morgan fingerprint density at radius 2 is 1.86 bits per heavy atom. The van der Waals surface area contributed by atoms with Gasteiger partial charge in [-0.2, -0.15) is 0 Å². The van der Waals surface area contributed by atoms with Crippen LogP contribution in [0.15, 0.2) is 58.2 Å². The summed E-state index contributed by atoms with van der Waals surface area (Å²) in [6.45, 7) is 2.00. The van der Waals surface area contributed by atoms with Crippen molar-refractivity contribution < 1.29 is 4.79 Å². The van der Waals surface area contributed by atoms with Gasteiger partial charge >= 0.3 is 5.69 Å². The molecule has 1 N–H and O–H groups in total. The molecule has 0 aliphatic heterocycles. The zero-order valence-corrected chi connectivity index (χ0v) is 16.2. The number of anilines is 1. The Morgan fingerprint density at radius 1 is 1.07 bits per heavy atom. The Kier molecular flexibility index (Phi) is 4.41. The second kappa shape index (κ2) is 6.78. The molecule has 6 nitrogen and oxygen atoms in total. The summed E-state index contributed by atoms with van der Waals surface area (Å²) in [5.41, 5.74) is 2.50. The number of hydrogen-bond donors (Lipinski definition) is 1. The molecule has 2 aliphatic carbocycles. The third-order valence-electron chi connectivity index (χ3n) is 5.81. The molecule has 1 aromatic carbocycles. The number of nitrogens with zero attached hydrogens (tertiary/aromatic N) is 2. The fourth-order valence-electron chi connectivity index (χ4n) is 4.33. The average molecular weight is 377 g/mol. The van der Waals surface area contributed by atoms with Crippen LogP contribution in [-0.2, 0) is 25.3 Å². The molecule has 0 unspecified atom stereocenters. The number of hydrogen-bond acceptors (Lipinski definition) is 4. The fourth-order valence-corrected chi connectivity index (χ4v) is 4.33. The molecule has 0 bridgehead atoms. The highest BCUT2D eigenvalue weighted by Gasteiger charge is 2.42. The number of benzene rings is 1. The van der Waals surface area contributed by atoms with Crippen LogP contribution in [0.5, 0.6) is 0 Å². The highest BCUT2D eigenvalue weighted by Crippen LogP contribution is 2.40. The van der Waals surface area contributed by atoms with E-state index < -0.39 is 6.04 Å². The summed E-state index contributed by atoms with van der Waals surface area (Å²) in [7, 11) is 3.16. The van der Waals surface area contributed by atoms with E-state index >= 15 is 0 Å². The highest BCUT2D eigenvalue weighted by atomic mass is 16.2. The number of carbonyl (C=O) groups is 1. The van der Waals surface area contributed by atoms with Gasteiger partial charge < -0.3 is 9.88 Å². The van der Waals surface area contributed by atoms with Crippen molar-refractivity contribution in [2.24, 2.45) is 25.9 Å². The lowest BCUT2D eigenvalue weighted by molar-refractivity contribution is -0.119. The van der Waals surface area contributed by atoms with Crippen LogP contribution in [0.2, 0.25) is 0 Å². The average Bonchev–Trinajstić information content (AvgIpc) is 2.86. The first-order valence-corrected chi connectivity index (χ1v) is 9.39. The van der Waals surface area contributed by atoms with Crippen LogP contribution in [0.1, 0.15) is 22.9 Å². The lowest BCUT2D eigenvalue weighted by Crippen LogP contribution is -2.48. The van der Waals surface area contributed by atoms with Crippen LogP contribution in [0.4, 0.5) is 5.69 Å². The number of aryl methyl sites for hydroxylation is 1. The van der Waals surface area contributed by atoms with Gasteiger partial charge in [0.05, 0.1) is 11.6 Å². The van der Waals surface area contributed by atoms with E-state index in [4.69, 9.17) is 0 Å². The van der Waals surface area contributed by atoms with Crippen LogP contribution in [0.25, 0.3) is 0 Å². The molecule has 6 heteroatoms. The summed E-state index contributed by atoms with van der Waals surface area (Å²) in [6.07, 6.45) is 7.56. The van der Waals surface area contributed by atoms with Crippen LogP contribution in [-0.4, -0.2) is 14.9 Å².